The van der Waals surface area contributed by atoms with Gasteiger partial charge in [0, 0.05) is 0 Å². The van der Waals surface area contributed by atoms with E-state index in [1.54, 1.807) is 23.3 Å². The minimum Gasteiger partial charge on any atom is -1.00 e. The fourth-order valence-electron chi connectivity index (χ4n) is 3.31. The molecule has 0 spiro atoms. The number of fused-ring (bicyclic) bond motifs is 3. The molecule has 0 amide bonds. The molecule has 0 aliphatic heterocycles. The van der Waals surface area contributed by atoms with Crippen molar-refractivity contribution in [1.82, 2.24) is 0 Å². The summed E-state index contributed by atoms with van der Waals surface area (Å²) in [5.41, 5.74) is 8.97. The Morgan fingerprint density at radius 2 is 1.34 bits per heavy atom. The molecule has 0 bridgehead atoms. The molecule has 3 aromatic rings. The number of hydrogen-bond acceptors (Lipinski definition) is 0. The summed E-state index contributed by atoms with van der Waals surface area (Å²) < 4.78 is 0. The second kappa shape index (κ2) is 13.4. The van der Waals surface area contributed by atoms with Gasteiger partial charge in [0.2, 0.25) is 0 Å². The van der Waals surface area contributed by atoms with Gasteiger partial charge in [0.25, 0.3) is 0 Å². The van der Waals surface area contributed by atoms with Crippen LogP contribution in [-0.4, -0.2) is 5.43 Å². The zero-order chi connectivity index (χ0) is 22.5. The zero-order valence-electron chi connectivity index (χ0n) is 20.7. The number of benzene rings is 2. The summed E-state index contributed by atoms with van der Waals surface area (Å²) in [6.07, 6.45) is 1.03. The standard InChI is InChI=1S/C21H25.C5H5.C2H6Si.2ClH.Zr/c1-20(2,3)16-9-7-14-11-15-8-10-17(21(4,5)6)13-19(15)18(14)12-16;1-2-4-5-3-1;1-3-2;;;/h7,9-10,12-13H,11H2,1-6H3;1-5H;1-2H3;2*1H;/q2*-1;;;;+2/p-2. The summed E-state index contributed by atoms with van der Waals surface area (Å²) in [5.74, 6) is 0. The summed E-state index contributed by atoms with van der Waals surface area (Å²) in [6.45, 7) is 18.3. The molecule has 0 N–H and O–H groups in total. The molecule has 1 aliphatic rings. The van der Waals surface area contributed by atoms with Crippen LogP contribution in [0.3, 0.4) is 0 Å². The predicted octanol–water partition coefficient (Wildman–Crippen LogP) is 1.85. The van der Waals surface area contributed by atoms with E-state index >= 15 is 0 Å². The maximum atomic E-state index is 3.53. The molecule has 1 aliphatic carbocycles. The SMILES string of the molecule is CC(C)(C)c1c[c-]c2c(c1)-c1cc(C(C)(C)C)ccc1C2.C[Si](C)=[Zr+2].[Cl-].[Cl-].c1cc[cH-]c1. The zero-order valence-corrected chi connectivity index (χ0v) is 25.7. The van der Waals surface area contributed by atoms with E-state index in [2.05, 4.69) is 91.0 Å². The Balaban J connectivity index is 0.000000739. The summed E-state index contributed by atoms with van der Waals surface area (Å²) in [4.78, 5) is 0. The molecule has 172 valence electrons. The first-order valence-corrected chi connectivity index (χ1v) is 17.0. The van der Waals surface area contributed by atoms with Crippen LogP contribution in [0.2, 0.25) is 13.1 Å². The third-order valence-corrected chi connectivity index (χ3v) is 5.08. The van der Waals surface area contributed by atoms with Gasteiger partial charge in [0.05, 0.1) is 0 Å². The van der Waals surface area contributed by atoms with E-state index in [9.17, 15) is 0 Å². The van der Waals surface area contributed by atoms with E-state index in [-0.39, 0.29) is 41.1 Å². The second-order valence-corrected chi connectivity index (χ2v) is 19.7. The maximum absolute atomic E-state index is 3.53. The fraction of sp³-hybridized carbons (Fsp3) is 0.393. The number of rotatable bonds is 0. The van der Waals surface area contributed by atoms with Gasteiger partial charge in [0.15, 0.2) is 0 Å². The number of hydrogen-bond donors (Lipinski definition) is 0. The molecule has 0 fully saturated rings. The molecular formula is C28H36Cl2SiZr-2. The first-order valence-electron chi connectivity index (χ1n) is 10.8. The molecule has 0 saturated heterocycles. The Labute approximate surface area is 224 Å². The van der Waals surface area contributed by atoms with Crippen molar-refractivity contribution < 1.29 is 48.1 Å². The Bertz CT molecular complexity index is 895. The molecule has 0 unspecified atom stereocenters. The average Bonchev–Trinajstić information content (AvgIpc) is 3.30. The molecule has 0 saturated carbocycles. The summed E-state index contributed by atoms with van der Waals surface area (Å²) in [6, 6.07) is 25.1. The Morgan fingerprint density at radius 1 is 0.844 bits per heavy atom. The quantitative estimate of drug-likeness (QED) is 0.227. The Morgan fingerprint density at radius 3 is 1.78 bits per heavy atom. The Hall–Kier alpha value is -0.530. The van der Waals surface area contributed by atoms with Gasteiger partial charge < -0.3 is 24.8 Å². The fourth-order valence-corrected chi connectivity index (χ4v) is 3.31. The van der Waals surface area contributed by atoms with Gasteiger partial charge in [-0.3, -0.25) is 0 Å². The van der Waals surface area contributed by atoms with E-state index < -0.39 is 0 Å². The summed E-state index contributed by atoms with van der Waals surface area (Å²) in [5, 5.41) is 0. The molecule has 0 nitrogen and oxygen atoms in total. The van der Waals surface area contributed by atoms with E-state index in [0.29, 0.717) is 0 Å². The molecule has 3 aromatic carbocycles. The summed E-state index contributed by atoms with van der Waals surface area (Å²) >= 11 is 1.74. The second-order valence-electron chi connectivity index (χ2n) is 10.3. The van der Waals surface area contributed by atoms with Crippen LogP contribution in [0.4, 0.5) is 0 Å². The van der Waals surface area contributed by atoms with Crippen molar-refractivity contribution in [3.05, 3.63) is 89.0 Å². The third-order valence-electron chi connectivity index (χ3n) is 5.08. The van der Waals surface area contributed by atoms with E-state index in [4.69, 9.17) is 0 Å². The molecule has 0 aromatic heterocycles. The molecule has 4 heteroatoms. The van der Waals surface area contributed by atoms with Gasteiger partial charge in [-0.05, 0) is 17.4 Å². The largest absolute Gasteiger partial charge is 1.00 e. The van der Waals surface area contributed by atoms with Crippen LogP contribution in [0.25, 0.3) is 11.1 Å². The van der Waals surface area contributed by atoms with E-state index in [1.807, 2.05) is 30.3 Å². The van der Waals surface area contributed by atoms with Crippen LogP contribution in [0.15, 0.2) is 60.7 Å². The van der Waals surface area contributed by atoms with Gasteiger partial charge in [-0.1, -0.05) is 76.3 Å². The van der Waals surface area contributed by atoms with Gasteiger partial charge in [-0.2, -0.15) is 47.5 Å². The Kier molecular flexibility index (Phi) is 13.2. The van der Waals surface area contributed by atoms with Crippen molar-refractivity contribution in [3.63, 3.8) is 0 Å². The topological polar surface area (TPSA) is 0 Å². The first-order chi connectivity index (χ1) is 13.9. The smallest absolute Gasteiger partial charge is 0.172 e. The molecule has 0 atom stereocenters. The number of halogens is 2. The average molecular weight is 563 g/mol. The predicted molar refractivity (Wildman–Crippen MR) is 130 cm³/mol. The van der Waals surface area contributed by atoms with Crippen molar-refractivity contribution in [1.29, 1.82) is 0 Å². The molecule has 0 radical (unpaired) electrons. The van der Waals surface area contributed by atoms with Crippen molar-refractivity contribution >= 4 is 5.43 Å². The molecule has 0 heterocycles. The van der Waals surface area contributed by atoms with Crippen molar-refractivity contribution in [2.24, 2.45) is 0 Å². The third kappa shape index (κ3) is 9.38. The van der Waals surface area contributed by atoms with Crippen LogP contribution in [0.1, 0.15) is 63.8 Å². The molecule has 4 rings (SSSR count). The van der Waals surface area contributed by atoms with Crippen LogP contribution < -0.4 is 24.8 Å². The molecule has 32 heavy (non-hydrogen) atoms. The van der Waals surface area contributed by atoms with Crippen LogP contribution in [0, 0.1) is 6.07 Å². The van der Waals surface area contributed by atoms with Crippen molar-refractivity contribution in [3.8, 4) is 11.1 Å². The summed E-state index contributed by atoms with van der Waals surface area (Å²) in [7, 11) is 0. The van der Waals surface area contributed by atoms with Crippen LogP contribution in [-0.2, 0) is 40.6 Å². The monoisotopic (exact) mass is 560 g/mol. The van der Waals surface area contributed by atoms with Crippen LogP contribution >= 0.6 is 0 Å². The first kappa shape index (κ1) is 31.5. The van der Waals surface area contributed by atoms with Crippen molar-refractivity contribution in [2.75, 3.05) is 0 Å². The van der Waals surface area contributed by atoms with E-state index in [0.717, 1.165) is 6.42 Å². The van der Waals surface area contributed by atoms with Crippen LogP contribution in [0.5, 0.6) is 0 Å². The van der Waals surface area contributed by atoms with Gasteiger partial charge in [-0.25, -0.2) is 12.1 Å². The van der Waals surface area contributed by atoms with Gasteiger partial charge >= 0.3 is 41.9 Å². The molecular weight excluding hydrogens is 527 g/mol. The van der Waals surface area contributed by atoms with Gasteiger partial charge in [0.1, 0.15) is 0 Å². The van der Waals surface area contributed by atoms with Crippen molar-refractivity contribution in [2.45, 2.75) is 71.9 Å². The maximum Gasteiger partial charge on any atom is -0.172 e. The minimum absolute atomic E-state index is 0. The van der Waals surface area contributed by atoms with E-state index in [1.165, 1.54) is 33.4 Å². The minimum atomic E-state index is 0. The van der Waals surface area contributed by atoms with Gasteiger partial charge in [-0.15, -0.1) is 5.56 Å². The normalized spacial score (nSPS) is 11.3.